The van der Waals surface area contributed by atoms with E-state index < -0.39 is 43.5 Å². The predicted molar refractivity (Wildman–Crippen MR) is 228 cm³/mol. The molecule has 8 rings (SSSR count). The van der Waals surface area contributed by atoms with Crippen molar-refractivity contribution in [2.24, 2.45) is 5.92 Å². The summed E-state index contributed by atoms with van der Waals surface area (Å²) in [5.41, 5.74) is 2.01. The maximum absolute atomic E-state index is 15.0. The third-order valence-corrected chi connectivity index (χ3v) is 12.1. The van der Waals surface area contributed by atoms with Gasteiger partial charge in [0.25, 0.3) is 0 Å². The molecule has 0 radical (unpaired) electrons. The van der Waals surface area contributed by atoms with Gasteiger partial charge in [0.15, 0.2) is 6.29 Å². The zero-order valence-corrected chi connectivity index (χ0v) is 35.7. The van der Waals surface area contributed by atoms with E-state index in [0.717, 1.165) is 43.6 Å². The molecule has 332 valence electrons. The van der Waals surface area contributed by atoms with E-state index in [0.29, 0.717) is 43.1 Å². The highest BCUT2D eigenvalue weighted by Crippen LogP contribution is 2.44. The quantitative estimate of drug-likeness (QED) is 0.0762. The first kappa shape index (κ1) is 43.9. The van der Waals surface area contributed by atoms with E-state index in [2.05, 4.69) is 25.0 Å². The maximum atomic E-state index is 15.0. The molecule has 4 aromatic carbocycles. The monoisotopic (exact) mass is 886 g/mol. The second kappa shape index (κ2) is 18.9. The largest absolute Gasteiger partial charge is 0.493 e. The molecule has 1 unspecified atom stereocenters. The highest BCUT2D eigenvalue weighted by atomic mass is 31.2. The number of anilines is 2. The summed E-state index contributed by atoms with van der Waals surface area (Å²) in [6, 6.07) is 27.2. The Hall–Kier alpha value is -5.75. The second-order valence-corrected chi connectivity index (χ2v) is 17.0. The molecule has 2 fully saturated rings. The number of phosphoric acid groups is 1. The van der Waals surface area contributed by atoms with Crippen molar-refractivity contribution < 1.29 is 41.9 Å². The fourth-order valence-corrected chi connectivity index (χ4v) is 8.83. The summed E-state index contributed by atoms with van der Waals surface area (Å²) in [5.74, 6) is -0.646. The Balaban J connectivity index is 0.840. The van der Waals surface area contributed by atoms with Crippen LogP contribution in [-0.4, -0.2) is 84.4 Å². The van der Waals surface area contributed by atoms with Gasteiger partial charge in [0, 0.05) is 60.7 Å². The summed E-state index contributed by atoms with van der Waals surface area (Å²) < 4.78 is 68.4. The molecule has 0 bridgehead atoms. The van der Waals surface area contributed by atoms with Gasteiger partial charge in [-0.3, -0.25) is 4.52 Å². The number of aromatic nitrogens is 6. The van der Waals surface area contributed by atoms with Gasteiger partial charge in [-0.15, -0.1) is 0 Å². The van der Waals surface area contributed by atoms with Crippen molar-refractivity contribution in [3.05, 3.63) is 149 Å². The second-order valence-electron chi connectivity index (χ2n) is 15.8. The van der Waals surface area contributed by atoms with Gasteiger partial charge in [-0.05, 0) is 74.4 Å². The predicted octanol–water partition coefficient (Wildman–Crippen LogP) is 6.41. The van der Waals surface area contributed by atoms with Crippen LogP contribution in [0.25, 0.3) is 5.69 Å². The molecule has 5 atom stereocenters. The molecule has 19 heteroatoms. The molecular formula is C44H49F2N8O8P. The summed E-state index contributed by atoms with van der Waals surface area (Å²) in [5, 5.41) is 8.58. The van der Waals surface area contributed by atoms with E-state index in [-0.39, 0.29) is 23.7 Å². The Labute approximate surface area is 362 Å². The van der Waals surface area contributed by atoms with Gasteiger partial charge in [-0.1, -0.05) is 43.3 Å². The number of benzene rings is 4. The molecule has 63 heavy (non-hydrogen) atoms. The molecule has 0 amide bonds. The van der Waals surface area contributed by atoms with Crippen molar-refractivity contribution in [1.29, 1.82) is 0 Å². The minimum Gasteiger partial charge on any atom is -0.493 e. The molecule has 2 aliphatic heterocycles. The Morgan fingerprint density at radius 2 is 1.56 bits per heavy atom. The van der Waals surface area contributed by atoms with Crippen molar-refractivity contribution in [2.45, 2.75) is 57.3 Å². The average Bonchev–Trinajstić information content (AvgIpc) is 4.04. The van der Waals surface area contributed by atoms with Crippen molar-refractivity contribution >= 4 is 19.2 Å². The summed E-state index contributed by atoms with van der Waals surface area (Å²) in [6.45, 7) is 7.68. The zero-order valence-electron chi connectivity index (χ0n) is 34.8. The van der Waals surface area contributed by atoms with E-state index in [1.54, 1.807) is 48.3 Å². The van der Waals surface area contributed by atoms with Crippen molar-refractivity contribution in [2.75, 3.05) is 49.2 Å². The van der Waals surface area contributed by atoms with Crippen LogP contribution in [0.2, 0.25) is 0 Å². The molecule has 0 saturated carbocycles. The van der Waals surface area contributed by atoms with E-state index in [1.807, 2.05) is 55.5 Å². The van der Waals surface area contributed by atoms with E-state index in [4.69, 9.17) is 18.7 Å². The average molecular weight is 887 g/mol. The molecular weight excluding hydrogens is 838 g/mol. The van der Waals surface area contributed by atoms with Crippen LogP contribution < -0.4 is 20.2 Å². The van der Waals surface area contributed by atoms with Gasteiger partial charge in [-0.25, -0.2) is 37.1 Å². The van der Waals surface area contributed by atoms with Crippen LogP contribution in [0.1, 0.15) is 50.1 Å². The fraction of sp³-hybridized carbons (Fsp3) is 0.364. The lowest BCUT2D eigenvalue weighted by Gasteiger charge is -2.37. The molecule has 2 N–H and O–H groups in total. The normalized spacial score (nSPS) is 19.6. The molecule has 2 saturated heterocycles. The van der Waals surface area contributed by atoms with Gasteiger partial charge in [-0.2, -0.15) is 10.2 Å². The first-order chi connectivity index (χ1) is 30.4. The van der Waals surface area contributed by atoms with Crippen LogP contribution in [-0.2, 0) is 30.7 Å². The zero-order chi connectivity index (χ0) is 44.1. The van der Waals surface area contributed by atoms with Crippen LogP contribution in [0.3, 0.4) is 0 Å². The smallest absolute Gasteiger partial charge is 0.472 e. The first-order valence-electron chi connectivity index (χ1n) is 20.7. The lowest BCUT2D eigenvalue weighted by molar-refractivity contribution is -0.141. The third-order valence-electron chi connectivity index (χ3n) is 11.6. The maximum Gasteiger partial charge on any atom is 0.472 e. The Morgan fingerprint density at radius 1 is 0.889 bits per heavy atom. The Morgan fingerprint density at radius 3 is 2.17 bits per heavy atom. The SMILES string of the molecule is CC[C@@H]([C@H](C)OC(OP(=O)(O)O)c1ccccc1)n1ncn(-c2ccc(N3CCN(c4ccc(OC[C@@H]5CO[C@@](Cn6cncn6)(c6ccc(F)cc6F)C5)cc4)CC3)cc2)c1=O. The molecule has 0 aliphatic carbocycles. The number of rotatable bonds is 17. The number of phosphoric ester groups is 1. The Bertz CT molecular complexity index is 2530. The molecule has 4 heterocycles. The van der Waals surface area contributed by atoms with Gasteiger partial charge in [0.05, 0.1) is 37.6 Å². The summed E-state index contributed by atoms with van der Waals surface area (Å²) >= 11 is 0. The highest BCUT2D eigenvalue weighted by molar-refractivity contribution is 7.46. The number of nitrogens with zero attached hydrogens (tertiary/aromatic N) is 8. The molecule has 0 spiro atoms. The van der Waals surface area contributed by atoms with E-state index in [1.165, 1.54) is 34.0 Å². The molecule has 6 aromatic rings. The van der Waals surface area contributed by atoms with E-state index in [9.17, 15) is 23.5 Å². The van der Waals surface area contributed by atoms with Crippen LogP contribution >= 0.6 is 7.82 Å². The van der Waals surface area contributed by atoms with E-state index >= 15 is 4.39 Å². The molecule has 2 aliphatic rings. The number of halogens is 2. The van der Waals surface area contributed by atoms with Crippen LogP contribution in [0, 0.1) is 17.6 Å². The summed E-state index contributed by atoms with van der Waals surface area (Å²) in [4.78, 5) is 41.4. The summed E-state index contributed by atoms with van der Waals surface area (Å²) in [6.07, 6.45) is 3.25. The topological polar surface area (TPSA) is 171 Å². The van der Waals surface area contributed by atoms with Gasteiger partial charge in [0.1, 0.15) is 42.0 Å². The van der Waals surface area contributed by atoms with Gasteiger partial charge >= 0.3 is 13.5 Å². The lowest BCUT2D eigenvalue weighted by atomic mass is 9.87. The summed E-state index contributed by atoms with van der Waals surface area (Å²) in [7, 11) is -4.90. The Kier molecular flexibility index (Phi) is 13.2. The third kappa shape index (κ3) is 10.2. The van der Waals surface area contributed by atoms with Crippen LogP contribution in [0.5, 0.6) is 5.75 Å². The van der Waals surface area contributed by atoms with Gasteiger partial charge < -0.3 is 33.8 Å². The van der Waals surface area contributed by atoms with Crippen molar-refractivity contribution in [3.63, 3.8) is 0 Å². The molecule has 16 nitrogen and oxygen atoms in total. The van der Waals surface area contributed by atoms with Crippen molar-refractivity contribution in [1.82, 2.24) is 29.1 Å². The standard InChI is InChI=1S/C44H49F2N8O8P/c1-3-41(31(2)61-42(62-63(56,57)58)33-7-5-4-6-8-33)54-43(55)53(30-49-54)37-12-10-35(11-13-37)50-19-21-51(22-20-50)36-14-16-38(17-15-36)59-25-32-24-44(60-26-32,27-52-29-47-28-48-52)39-18-9-34(45)23-40(39)46/h4-18,23,28-32,41-42H,3,19-22,24-27H2,1-2H3,(H2,56,57,58)/t31-,32+,41-,42?,44-/m0/s1. The number of piperazine rings is 1. The number of hydrogen-bond acceptors (Lipinski definition) is 11. The van der Waals surface area contributed by atoms with Crippen LogP contribution in [0.4, 0.5) is 20.2 Å². The number of hydrogen-bond donors (Lipinski definition) is 2. The first-order valence-corrected chi connectivity index (χ1v) is 22.3. The van der Waals surface area contributed by atoms with Gasteiger partial charge in [0.2, 0.25) is 0 Å². The lowest BCUT2D eigenvalue weighted by Crippen LogP contribution is -2.46. The van der Waals surface area contributed by atoms with Crippen LogP contribution in [0.15, 0.2) is 121 Å². The minimum atomic E-state index is -4.90. The van der Waals surface area contributed by atoms with Crippen molar-refractivity contribution in [3.8, 4) is 11.4 Å². The fourth-order valence-electron chi connectivity index (χ4n) is 8.41. The number of ether oxygens (including phenoxy) is 3. The minimum absolute atomic E-state index is 0.0397. The molecule has 2 aromatic heterocycles. The highest BCUT2D eigenvalue weighted by Gasteiger charge is 2.45.